The molecule has 1 unspecified atom stereocenters. The Balaban J connectivity index is 1.72. The van der Waals surface area contributed by atoms with Crippen LogP contribution in [0.2, 0.25) is 0 Å². The molecule has 1 atom stereocenters. The van der Waals surface area contributed by atoms with E-state index in [4.69, 9.17) is 14.8 Å². The quantitative estimate of drug-likeness (QED) is 0.472. The number of carbonyl (C=O) groups is 2. The van der Waals surface area contributed by atoms with E-state index in [-0.39, 0.29) is 0 Å². The molecule has 0 spiro atoms. The number of carbonyl (C=O) groups excluding carboxylic acids is 1. The Labute approximate surface area is 191 Å². The molecule has 2 aromatic carbocycles. The number of rotatable bonds is 10. The summed E-state index contributed by atoms with van der Waals surface area (Å²) in [5.41, 5.74) is 3.39. The molecule has 0 radical (unpaired) electrons. The van der Waals surface area contributed by atoms with Gasteiger partial charge in [-0.05, 0) is 43.2 Å². The van der Waals surface area contributed by atoms with Crippen LogP contribution in [0.15, 0.2) is 53.9 Å². The molecule has 7 nitrogen and oxygen atoms in total. The maximum absolute atomic E-state index is 12.2. The third kappa shape index (κ3) is 5.85. The number of carboxylic acid groups (broad SMARTS) is 1. The molecule has 0 aliphatic heterocycles. The van der Waals surface area contributed by atoms with Crippen LogP contribution in [0.3, 0.4) is 0 Å². The van der Waals surface area contributed by atoms with Crippen LogP contribution in [0.1, 0.15) is 36.2 Å². The second-order valence-corrected chi connectivity index (χ2v) is 8.24. The number of amides is 1. The van der Waals surface area contributed by atoms with Crippen LogP contribution in [-0.4, -0.2) is 41.7 Å². The van der Waals surface area contributed by atoms with Gasteiger partial charge in [0.25, 0.3) is 5.91 Å². The number of carboxylic acids is 1. The number of nitrogens with one attached hydrogen (secondary N) is 1. The summed E-state index contributed by atoms with van der Waals surface area (Å²) in [7, 11) is 1.65. The highest BCUT2D eigenvalue weighted by Gasteiger charge is 2.16. The van der Waals surface area contributed by atoms with Gasteiger partial charge in [-0.25, -0.2) is 4.98 Å². The van der Waals surface area contributed by atoms with Crippen molar-refractivity contribution in [3.8, 4) is 17.0 Å². The first kappa shape index (κ1) is 23.3. The molecule has 3 aromatic rings. The number of aromatic nitrogens is 1. The highest BCUT2D eigenvalue weighted by atomic mass is 32.1. The lowest BCUT2D eigenvalue weighted by molar-refractivity contribution is -0.138. The summed E-state index contributed by atoms with van der Waals surface area (Å²) in [6, 6.07) is 14.1. The molecule has 0 bridgehead atoms. The van der Waals surface area contributed by atoms with Gasteiger partial charge in [0.2, 0.25) is 0 Å². The highest BCUT2D eigenvalue weighted by molar-refractivity contribution is 7.14. The van der Waals surface area contributed by atoms with E-state index in [1.165, 1.54) is 6.92 Å². The Morgan fingerprint density at radius 1 is 1.22 bits per heavy atom. The van der Waals surface area contributed by atoms with Crippen molar-refractivity contribution in [2.75, 3.05) is 18.6 Å². The van der Waals surface area contributed by atoms with Gasteiger partial charge in [-0.15, -0.1) is 11.3 Å². The van der Waals surface area contributed by atoms with Crippen LogP contribution in [0.4, 0.5) is 5.13 Å². The maximum Gasteiger partial charge on any atom is 0.325 e. The molecule has 1 aromatic heterocycles. The molecular formula is C24H27N3O4S. The fraction of sp³-hybridized carbons (Fsp3) is 0.292. The maximum atomic E-state index is 12.2. The molecule has 8 heteroatoms. The van der Waals surface area contributed by atoms with E-state index < -0.39 is 17.9 Å². The zero-order chi connectivity index (χ0) is 23.1. The van der Waals surface area contributed by atoms with Gasteiger partial charge in [0, 0.05) is 29.6 Å². The summed E-state index contributed by atoms with van der Waals surface area (Å²) >= 11 is 1.60. The largest absolute Gasteiger partial charge is 0.497 e. The number of anilines is 1. The second kappa shape index (κ2) is 10.8. The fourth-order valence-corrected chi connectivity index (χ4v) is 4.02. The van der Waals surface area contributed by atoms with Gasteiger partial charge >= 0.3 is 5.97 Å². The van der Waals surface area contributed by atoms with Crippen molar-refractivity contribution in [1.29, 1.82) is 0 Å². The molecule has 168 valence electrons. The molecule has 0 saturated heterocycles. The topological polar surface area (TPSA) is 91.8 Å². The normalized spacial score (nSPS) is 11.6. The monoisotopic (exact) mass is 453 g/mol. The van der Waals surface area contributed by atoms with Crippen molar-refractivity contribution in [1.82, 2.24) is 10.3 Å². The van der Waals surface area contributed by atoms with E-state index in [1.807, 2.05) is 41.8 Å². The van der Waals surface area contributed by atoms with E-state index in [0.717, 1.165) is 40.7 Å². The van der Waals surface area contributed by atoms with E-state index in [9.17, 15) is 9.59 Å². The van der Waals surface area contributed by atoms with E-state index in [2.05, 4.69) is 17.1 Å². The molecule has 32 heavy (non-hydrogen) atoms. The van der Waals surface area contributed by atoms with Crippen LogP contribution in [0, 0.1) is 0 Å². The smallest absolute Gasteiger partial charge is 0.325 e. The van der Waals surface area contributed by atoms with Crippen molar-refractivity contribution in [3.63, 3.8) is 0 Å². The second-order valence-electron chi connectivity index (χ2n) is 7.40. The SMILES string of the molecule is CCCN(Cc1ccc(C(=O)NC(C)C(=O)O)cc1)c1nc(-c2cccc(OC)c2)cs1. The van der Waals surface area contributed by atoms with Crippen molar-refractivity contribution >= 4 is 28.3 Å². The molecule has 2 N–H and O–H groups in total. The minimum Gasteiger partial charge on any atom is -0.497 e. The van der Waals surface area contributed by atoms with Gasteiger partial charge in [-0.2, -0.15) is 0 Å². The summed E-state index contributed by atoms with van der Waals surface area (Å²) < 4.78 is 5.32. The number of methoxy groups -OCH3 is 1. The number of benzene rings is 2. The van der Waals surface area contributed by atoms with Crippen molar-refractivity contribution in [2.24, 2.45) is 0 Å². The molecule has 3 rings (SSSR count). The van der Waals surface area contributed by atoms with Crippen molar-refractivity contribution in [2.45, 2.75) is 32.9 Å². The van der Waals surface area contributed by atoms with Crippen LogP contribution in [0.25, 0.3) is 11.3 Å². The lowest BCUT2D eigenvalue weighted by atomic mass is 10.1. The molecule has 0 aliphatic carbocycles. The summed E-state index contributed by atoms with van der Waals surface area (Å²) in [5, 5.41) is 14.4. The fourth-order valence-electron chi connectivity index (χ4n) is 3.16. The Morgan fingerprint density at radius 3 is 2.62 bits per heavy atom. The van der Waals surface area contributed by atoms with E-state index in [0.29, 0.717) is 12.1 Å². The predicted octanol–water partition coefficient (Wildman–Crippen LogP) is 4.44. The van der Waals surface area contributed by atoms with Crippen LogP contribution >= 0.6 is 11.3 Å². The van der Waals surface area contributed by atoms with Gasteiger partial charge in [0.1, 0.15) is 11.8 Å². The third-order valence-electron chi connectivity index (χ3n) is 4.93. The highest BCUT2D eigenvalue weighted by Crippen LogP contribution is 2.30. The Bertz CT molecular complexity index is 1070. The van der Waals surface area contributed by atoms with E-state index in [1.54, 1.807) is 30.6 Å². The third-order valence-corrected chi connectivity index (χ3v) is 5.83. The van der Waals surface area contributed by atoms with Crippen molar-refractivity contribution < 1.29 is 19.4 Å². The van der Waals surface area contributed by atoms with Crippen LogP contribution in [0.5, 0.6) is 5.75 Å². The predicted molar refractivity (Wildman–Crippen MR) is 126 cm³/mol. The lowest BCUT2D eigenvalue weighted by Gasteiger charge is -2.21. The zero-order valence-corrected chi connectivity index (χ0v) is 19.2. The Morgan fingerprint density at radius 2 is 1.97 bits per heavy atom. The number of nitrogens with zero attached hydrogens (tertiary/aromatic N) is 2. The molecule has 1 heterocycles. The van der Waals surface area contributed by atoms with Gasteiger partial charge in [0.05, 0.1) is 12.8 Å². The minimum atomic E-state index is -1.07. The summed E-state index contributed by atoms with van der Waals surface area (Å²) in [6.07, 6.45) is 0.974. The molecule has 0 saturated carbocycles. The van der Waals surface area contributed by atoms with Gasteiger partial charge in [-0.1, -0.05) is 31.2 Å². The summed E-state index contributed by atoms with van der Waals surface area (Å²) in [6.45, 7) is 5.07. The Kier molecular flexibility index (Phi) is 7.83. The molecule has 0 aliphatic rings. The number of hydrogen-bond acceptors (Lipinski definition) is 6. The average molecular weight is 454 g/mol. The van der Waals surface area contributed by atoms with Gasteiger partial charge in [0.15, 0.2) is 5.13 Å². The molecule has 0 fully saturated rings. The van der Waals surface area contributed by atoms with Gasteiger partial charge in [-0.3, -0.25) is 9.59 Å². The Hall–Kier alpha value is -3.39. The van der Waals surface area contributed by atoms with Crippen LogP contribution < -0.4 is 15.0 Å². The van der Waals surface area contributed by atoms with Crippen molar-refractivity contribution in [3.05, 3.63) is 65.0 Å². The first-order chi connectivity index (χ1) is 15.4. The summed E-state index contributed by atoms with van der Waals surface area (Å²) in [4.78, 5) is 30.2. The molecule has 1 amide bonds. The van der Waals surface area contributed by atoms with E-state index >= 15 is 0 Å². The number of hydrogen-bond donors (Lipinski definition) is 2. The standard InChI is InChI=1S/C24H27N3O4S/c1-4-12-27(24-26-21(15-32-24)19-6-5-7-20(13-19)31-3)14-17-8-10-18(11-9-17)22(28)25-16(2)23(29)30/h5-11,13,15-16H,4,12,14H2,1-3H3,(H,25,28)(H,29,30). The minimum absolute atomic E-state index is 0.403. The number of aliphatic carboxylic acids is 1. The molecular weight excluding hydrogens is 426 g/mol. The first-order valence-corrected chi connectivity index (χ1v) is 11.3. The summed E-state index contributed by atoms with van der Waals surface area (Å²) in [5.74, 6) is -0.675. The average Bonchev–Trinajstić information content (AvgIpc) is 3.29. The zero-order valence-electron chi connectivity index (χ0n) is 18.4. The number of thiazole rings is 1. The lowest BCUT2D eigenvalue weighted by Crippen LogP contribution is -2.38. The first-order valence-electron chi connectivity index (χ1n) is 10.4. The number of ether oxygens (including phenoxy) is 1. The van der Waals surface area contributed by atoms with Gasteiger partial charge < -0.3 is 20.1 Å². The van der Waals surface area contributed by atoms with Crippen LogP contribution in [-0.2, 0) is 11.3 Å².